The van der Waals surface area contributed by atoms with Crippen molar-refractivity contribution in [1.82, 2.24) is 4.57 Å². The second kappa shape index (κ2) is 13.2. The van der Waals surface area contributed by atoms with Crippen molar-refractivity contribution in [3.63, 3.8) is 0 Å². The van der Waals surface area contributed by atoms with Crippen LogP contribution in [0.25, 0.3) is 44.9 Å². The van der Waals surface area contributed by atoms with E-state index in [1.165, 1.54) is 89.5 Å². The Kier molecular flexibility index (Phi) is 8.06. The Bertz CT molecular complexity index is 2640. The summed E-state index contributed by atoms with van der Waals surface area (Å²) < 4.78 is 2.45. The summed E-state index contributed by atoms with van der Waals surface area (Å²) in [6.07, 6.45) is 18.6. The lowest BCUT2D eigenvalue weighted by Crippen LogP contribution is -2.28. The Morgan fingerprint density at radius 2 is 1.45 bits per heavy atom. The molecule has 0 saturated heterocycles. The van der Waals surface area contributed by atoms with E-state index in [1.54, 1.807) is 0 Å². The molecule has 2 heteroatoms. The summed E-state index contributed by atoms with van der Waals surface area (Å²) in [4.78, 5) is 2.59. The average Bonchev–Trinajstić information content (AvgIpc) is 3.67. The van der Waals surface area contributed by atoms with Crippen molar-refractivity contribution in [3.8, 4) is 16.8 Å². The summed E-state index contributed by atoms with van der Waals surface area (Å²) in [5.74, 6) is 0.737. The van der Waals surface area contributed by atoms with E-state index >= 15 is 0 Å². The van der Waals surface area contributed by atoms with Crippen molar-refractivity contribution >= 4 is 33.8 Å². The fourth-order valence-corrected chi connectivity index (χ4v) is 9.91. The maximum Gasteiger partial charge on any atom is 0.0538 e. The fourth-order valence-electron chi connectivity index (χ4n) is 9.91. The number of allylic oxidation sites excluding steroid dienone is 8. The van der Waals surface area contributed by atoms with E-state index in [0.29, 0.717) is 11.8 Å². The van der Waals surface area contributed by atoms with Crippen molar-refractivity contribution in [2.45, 2.75) is 58.8 Å². The molecule has 0 spiro atoms. The predicted octanol–water partition coefficient (Wildman–Crippen LogP) is 13.7. The third-order valence-corrected chi connectivity index (χ3v) is 12.6. The van der Waals surface area contributed by atoms with Crippen LogP contribution in [0, 0.1) is 11.8 Å². The highest BCUT2D eigenvalue weighted by Gasteiger charge is 2.36. The van der Waals surface area contributed by atoms with Gasteiger partial charge in [-0.1, -0.05) is 131 Å². The summed E-state index contributed by atoms with van der Waals surface area (Å²) in [6.45, 7) is 9.56. The molecule has 0 N–H and O–H groups in total. The first-order chi connectivity index (χ1) is 26.8. The minimum atomic E-state index is -0.0698. The van der Waals surface area contributed by atoms with Gasteiger partial charge in [-0.05, 0) is 136 Å². The van der Waals surface area contributed by atoms with Gasteiger partial charge in [0.15, 0.2) is 0 Å². The van der Waals surface area contributed by atoms with Crippen LogP contribution in [-0.4, -0.2) is 4.57 Å². The highest BCUT2D eigenvalue weighted by Crippen LogP contribution is 2.51. The Morgan fingerprint density at radius 3 is 2.27 bits per heavy atom. The average molecular weight is 713 g/mol. The van der Waals surface area contributed by atoms with Crippen molar-refractivity contribution in [2.75, 3.05) is 4.90 Å². The smallest absolute Gasteiger partial charge is 0.0538 e. The van der Waals surface area contributed by atoms with Gasteiger partial charge in [-0.2, -0.15) is 0 Å². The van der Waals surface area contributed by atoms with E-state index in [1.807, 2.05) is 0 Å². The minimum Gasteiger partial charge on any atom is -0.314 e. The van der Waals surface area contributed by atoms with Crippen molar-refractivity contribution in [3.05, 3.63) is 197 Å². The van der Waals surface area contributed by atoms with Gasteiger partial charge in [0.2, 0.25) is 0 Å². The zero-order chi connectivity index (χ0) is 37.3. The molecule has 1 heterocycles. The molecule has 270 valence electrons. The molecule has 6 aromatic rings. The molecule has 0 amide bonds. The van der Waals surface area contributed by atoms with E-state index in [-0.39, 0.29) is 5.41 Å². The third-order valence-electron chi connectivity index (χ3n) is 12.6. The number of benzene rings is 5. The number of anilines is 1. The topological polar surface area (TPSA) is 8.17 Å². The molecule has 0 saturated carbocycles. The molecular weight excluding hydrogens is 665 g/mol. The zero-order valence-electron chi connectivity index (χ0n) is 32.4. The van der Waals surface area contributed by atoms with Gasteiger partial charge in [0.25, 0.3) is 0 Å². The van der Waals surface area contributed by atoms with E-state index in [4.69, 9.17) is 0 Å². The molecule has 0 aliphatic heterocycles. The van der Waals surface area contributed by atoms with Crippen LogP contribution in [0.15, 0.2) is 163 Å². The molecule has 55 heavy (non-hydrogen) atoms. The van der Waals surface area contributed by atoms with Crippen LogP contribution in [0.3, 0.4) is 0 Å². The van der Waals surface area contributed by atoms with Crippen LogP contribution in [-0.2, 0) is 11.8 Å². The molecule has 1 aromatic heterocycles. The Balaban J connectivity index is 1.09. The van der Waals surface area contributed by atoms with Gasteiger partial charge in [-0.15, -0.1) is 0 Å². The van der Waals surface area contributed by atoms with E-state index < -0.39 is 0 Å². The van der Waals surface area contributed by atoms with Gasteiger partial charge in [-0.25, -0.2) is 0 Å². The van der Waals surface area contributed by atoms with Gasteiger partial charge in [0, 0.05) is 45.2 Å². The van der Waals surface area contributed by atoms with Gasteiger partial charge >= 0.3 is 0 Å². The number of aromatic nitrogens is 1. The lowest BCUT2D eigenvalue weighted by molar-refractivity contribution is 0.656. The maximum atomic E-state index is 2.59. The summed E-state index contributed by atoms with van der Waals surface area (Å²) in [6, 6.07) is 45.2. The quantitative estimate of drug-likeness (QED) is 0.167. The largest absolute Gasteiger partial charge is 0.314 e. The zero-order valence-corrected chi connectivity index (χ0v) is 32.4. The number of aryl methyl sites for hydroxylation is 1. The van der Waals surface area contributed by atoms with Crippen LogP contribution in [0.2, 0.25) is 0 Å². The molecule has 4 aliphatic rings. The highest BCUT2D eigenvalue weighted by molar-refractivity contribution is 5.93. The van der Waals surface area contributed by atoms with Gasteiger partial charge in [-0.3, -0.25) is 0 Å². The van der Waals surface area contributed by atoms with Crippen LogP contribution in [0.4, 0.5) is 5.69 Å². The molecule has 5 aromatic carbocycles. The number of para-hydroxylation sites is 1. The monoisotopic (exact) mass is 712 g/mol. The number of nitrogens with zero attached hydrogens (tertiary/aromatic N) is 2. The highest BCUT2D eigenvalue weighted by atomic mass is 15.2. The van der Waals surface area contributed by atoms with Crippen molar-refractivity contribution in [1.29, 1.82) is 0 Å². The normalized spacial score (nSPS) is 19.5. The summed E-state index contributed by atoms with van der Waals surface area (Å²) >= 11 is 0. The number of hydrogen-bond acceptors (Lipinski definition) is 1. The van der Waals surface area contributed by atoms with Crippen molar-refractivity contribution in [2.24, 2.45) is 11.8 Å². The Hall–Kier alpha value is -5.86. The van der Waals surface area contributed by atoms with E-state index in [2.05, 4.69) is 195 Å². The second-order valence-corrected chi connectivity index (χ2v) is 16.6. The Labute approximate surface area is 326 Å². The van der Waals surface area contributed by atoms with Crippen LogP contribution >= 0.6 is 0 Å². The molecule has 0 radical (unpaired) electrons. The maximum absolute atomic E-state index is 2.59. The number of rotatable bonds is 6. The molecule has 0 bridgehead atoms. The first-order valence-electron chi connectivity index (χ1n) is 20.2. The van der Waals surface area contributed by atoms with Crippen LogP contribution in [0.5, 0.6) is 0 Å². The van der Waals surface area contributed by atoms with Gasteiger partial charge in [0.05, 0.1) is 5.52 Å². The summed E-state index contributed by atoms with van der Waals surface area (Å²) in [5, 5.41) is 1.38. The summed E-state index contributed by atoms with van der Waals surface area (Å²) in [5.41, 5.74) is 20.1. The van der Waals surface area contributed by atoms with Gasteiger partial charge < -0.3 is 9.47 Å². The van der Waals surface area contributed by atoms with Crippen LogP contribution in [0.1, 0.15) is 80.5 Å². The van der Waals surface area contributed by atoms with Gasteiger partial charge in [0.1, 0.15) is 0 Å². The first-order valence-corrected chi connectivity index (χ1v) is 20.2. The fraction of sp³-hybridized carbons (Fsp3) is 0.208. The van der Waals surface area contributed by atoms with E-state index in [0.717, 1.165) is 25.7 Å². The SMILES string of the molecule is CC1C=C(N(C2=CC=C(c3ccc4c(c3)c3c(n4-c4ccccc4)C=CCC3)CC2C)c2ccc3c(c2)C(C)(C)c2ccccc2-3)C=C(c2ccccc2)C1. The van der Waals surface area contributed by atoms with Crippen LogP contribution < -0.4 is 4.90 Å². The molecule has 4 aliphatic carbocycles. The molecule has 2 atom stereocenters. The molecule has 2 nitrogen and oxygen atoms in total. The van der Waals surface area contributed by atoms with Crippen molar-refractivity contribution < 1.29 is 0 Å². The first kappa shape index (κ1) is 33.7. The minimum absolute atomic E-state index is 0.0698. The number of fused-ring (bicyclic) bond motifs is 6. The second-order valence-electron chi connectivity index (χ2n) is 16.6. The number of hydrogen-bond donors (Lipinski definition) is 0. The lowest BCUT2D eigenvalue weighted by Gasteiger charge is -2.37. The standard InChI is InChI=1S/C53H48N2/c1-35-29-40(37-15-7-5-8-16-37)32-43(30-35)54(42-25-26-45-44-19-11-13-21-48(44)53(3,4)49(45)34-42)50-27-23-38(31-36(50)2)39-24-28-52-47(33-39)46-20-12-14-22-51(46)55(52)41-17-9-6-10-18-41/h5-11,13-19,21-28,30,32-36H,12,20,29,31H2,1-4H3. The molecule has 0 fully saturated rings. The third kappa shape index (κ3) is 5.61. The molecular formula is C53H48N2. The van der Waals surface area contributed by atoms with E-state index in [9.17, 15) is 0 Å². The lowest BCUT2D eigenvalue weighted by atomic mass is 9.82. The molecule has 10 rings (SSSR count). The molecule has 2 unspecified atom stereocenters. The summed E-state index contributed by atoms with van der Waals surface area (Å²) in [7, 11) is 0. The Morgan fingerprint density at radius 1 is 0.691 bits per heavy atom. The predicted molar refractivity (Wildman–Crippen MR) is 233 cm³/mol.